The van der Waals surface area contributed by atoms with Crippen molar-refractivity contribution in [1.29, 1.82) is 5.26 Å². The fourth-order valence-corrected chi connectivity index (χ4v) is 2.96. The summed E-state index contributed by atoms with van der Waals surface area (Å²) in [5, 5.41) is 10.1. The fraction of sp³-hybridized carbons (Fsp3) is 0.105. The molecule has 0 fully saturated rings. The van der Waals surface area contributed by atoms with Gasteiger partial charge in [0.15, 0.2) is 11.5 Å². The number of benzene rings is 2. The molecule has 0 atom stereocenters. The minimum absolute atomic E-state index is 0.162. The summed E-state index contributed by atoms with van der Waals surface area (Å²) in [6, 6.07) is 13.0. The molecular weight excluding hydrogens is 437 g/mol. The van der Waals surface area contributed by atoms with Crippen LogP contribution in [0.2, 0.25) is 5.02 Å². The molecule has 0 heterocycles. The Morgan fingerprint density at radius 3 is 2.62 bits per heavy atom. The van der Waals surface area contributed by atoms with Crippen molar-refractivity contribution < 1.29 is 9.47 Å². The molecule has 0 N–H and O–H groups in total. The Morgan fingerprint density at radius 2 is 2.04 bits per heavy atom. The van der Waals surface area contributed by atoms with Crippen LogP contribution in [0.5, 0.6) is 11.5 Å². The maximum absolute atomic E-state index is 9.45. The van der Waals surface area contributed by atoms with Crippen molar-refractivity contribution in [3.63, 3.8) is 0 Å². The molecule has 0 bridgehead atoms. The van der Waals surface area contributed by atoms with Gasteiger partial charge in [-0.15, -0.1) is 6.42 Å². The monoisotopic (exact) mass is 449 g/mol. The molecule has 0 aliphatic carbocycles. The van der Waals surface area contributed by atoms with Gasteiger partial charge in [0.05, 0.1) is 22.3 Å². The number of nitriles is 1. The molecule has 0 aromatic heterocycles. The maximum atomic E-state index is 9.45. The summed E-state index contributed by atoms with van der Waals surface area (Å²) in [6.45, 7) is 0.162. The SMILES string of the molecule is C#CCOc1c(I)cc(/C=C(/C#N)c2ccc(Cl)cc2)cc1OC. The molecule has 0 saturated carbocycles. The van der Waals surface area contributed by atoms with Gasteiger partial charge in [-0.1, -0.05) is 29.7 Å². The van der Waals surface area contributed by atoms with Gasteiger partial charge in [-0.05, 0) is 64.1 Å². The molecule has 2 aromatic rings. The van der Waals surface area contributed by atoms with Crippen LogP contribution in [0.15, 0.2) is 36.4 Å². The van der Waals surface area contributed by atoms with E-state index in [4.69, 9.17) is 27.5 Å². The van der Waals surface area contributed by atoms with Gasteiger partial charge in [-0.3, -0.25) is 0 Å². The molecule has 5 heteroatoms. The molecular formula is C19H13ClINO2. The Kier molecular flexibility index (Phi) is 6.54. The number of allylic oxidation sites excluding steroid dienone is 1. The average molecular weight is 450 g/mol. The van der Waals surface area contributed by atoms with Crippen LogP contribution < -0.4 is 9.47 Å². The van der Waals surface area contributed by atoms with Crippen LogP contribution in [0.25, 0.3) is 11.6 Å². The summed E-state index contributed by atoms with van der Waals surface area (Å²) >= 11 is 8.04. The van der Waals surface area contributed by atoms with E-state index in [9.17, 15) is 5.26 Å². The van der Waals surface area contributed by atoms with Crippen molar-refractivity contribution in [3.05, 3.63) is 56.1 Å². The molecule has 0 aliphatic rings. The minimum Gasteiger partial charge on any atom is -0.493 e. The molecule has 0 radical (unpaired) electrons. The first-order valence-corrected chi connectivity index (χ1v) is 8.36. The lowest BCUT2D eigenvalue weighted by molar-refractivity contribution is 0.328. The lowest BCUT2D eigenvalue weighted by atomic mass is 10.0. The van der Waals surface area contributed by atoms with Crippen LogP contribution in [-0.2, 0) is 0 Å². The summed E-state index contributed by atoms with van der Waals surface area (Å²) in [5.74, 6) is 3.59. The predicted molar refractivity (Wildman–Crippen MR) is 105 cm³/mol. The predicted octanol–water partition coefficient (Wildman–Crippen LogP) is 5.03. The van der Waals surface area contributed by atoms with Gasteiger partial charge in [0.2, 0.25) is 0 Å². The number of rotatable bonds is 5. The van der Waals surface area contributed by atoms with Crippen LogP contribution in [0.4, 0.5) is 0 Å². The van der Waals surface area contributed by atoms with Crippen LogP contribution in [-0.4, -0.2) is 13.7 Å². The largest absolute Gasteiger partial charge is 0.493 e. The number of nitrogens with zero attached hydrogens (tertiary/aromatic N) is 1. The standard InChI is InChI=1S/C19H13ClINO2/c1-3-8-24-19-17(21)10-13(11-18(19)23-2)9-15(12-22)14-4-6-16(20)7-5-14/h1,4-7,9-11H,8H2,2H3/b15-9-. The van der Waals surface area contributed by atoms with E-state index in [-0.39, 0.29) is 6.61 Å². The topological polar surface area (TPSA) is 42.2 Å². The number of ether oxygens (including phenoxy) is 2. The molecule has 3 nitrogen and oxygen atoms in total. The fourth-order valence-electron chi connectivity index (χ4n) is 2.05. The van der Waals surface area contributed by atoms with Crippen molar-refractivity contribution in [2.24, 2.45) is 0 Å². The highest BCUT2D eigenvalue weighted by Crippen LogP contribution is 2.35. The molecule has 24 heavy (non-hydrogen) atoms. The van der Waals surface area contributed by atoms with E-state index in [1.807, 2.05) is 18.2 Å². The molecule has 0 unspecified atom stereocenters. The van der Waals surface area contributed by atoms with E-state index in [0.717, 1.165) is 14.7 Å². The number of hydrogen-bond donors (Lipinski definition) is 0. The first kappa shape index (κ1) is 18.2. The second kappa shape index (κ2) is 8.63. The Bertz CT molecular complexity index is 845. The van der Waals surface area contributed by atoms with E-state index in [2.05, 4.69) is 34.6 Å². The second-order valence-corrected chi connectivity index (χ2v) is 6.30. The van der Waals surface area contributed by atoms with E-state index >= 15 is 0 Å². The molecule has 0 saturated heterocycles. The lowest BCUT2D eigenvalue weighted by Gasteiger charge is -2.12. The zero-order chi connectivity index (χ0) is 17.5. The van der Waals surface area contributed by atoms with Gasteiger partial charge >= 0.3 is 0 Å². The minimum atomic E-state index is 0.162. The van der Waals surface area contributed by atoms with Crippen molar-refractivity contribution in [2.75, 3.05) is 13.7 Å². The van der Waals surface area contributed by atoms with Crippen LogP contribution in [0.1, 0.15) is 11.1 Å². The normalized spacial score (nSPS) is 10.6. The number of terminal acetylenes is 1. The Hall–Kier alpha value is -2.15. The number of halogens is 2. The van der Waals surface area contributed by atoms with Crippen LogP contribution in [0, 0.1) is 27.2 Å². The van der Waals surface area contributed by atoms with Gasteiger partial charge in [0.25, 0.3) is 0 Å². The van der Waals surface area contributed by atoms with Crippen LogP contribution in [0.3, 0.4) is 0 Å². The zero-order valence-corrected chi connectivity index (χ0v) is 15.8. The van der Waals surface area contributed by atoms with E-state index in [1.165, 1.54) is 0 Å². The Labute approximate surface area is 160 Å². The number of methoxy groups -OCH3 is 1. The smallest absolute Gasteiger partial charge is 0.175 e. The summed E-state index contributed by atoms with van der Waals surface area (Å²) in [5.41, 5.74) is 2.15. The van der Waals surface area contributed by atoms with Crippen molar-refractivity contribution in [3.8, 4) is 29.9 Å². The molecule has 0 spiro atoms. The van der Waals surface area contributed by atoms with E-state index in [1.54, 1.807) is 31.4 Å². The third-order valence-electron chi connectivity index (χ3n) is 3.14. The van der Waals surface area contributed by atoms with Gasteiger partial charge in [-0.25, -0.2) is 0 Å². The third-order valence-corrected chi connectivity index (χ3v) is 4.19. The van der Waals surface area contributed by atoms with Gasteiger partial charge < -0.3 is 9.47 Å². The molecule has 2 rings (SSSR count). The van der Waals surface area contributed by atoms with Crippen molar-refractivity contribution in [1.82, 2.24) is 0 Å². The molecule has 0 aliphatic heterocycles. The maximum Gasteiger partial charge on any atom is 0.175 e. The highest BCUT2D eigenvalue weighted by molar-refractivity contribution is 14.1. The average Bonchev–Trinajstić information content (AvgIpc) is 2.59. The third kappa shape index (κ3) is 4.44. The molecule has 2 aromatic carbocycles. The highest BCUT2D eigenvalue weighted by atomic mass is 127. The summed E-state index contributed by atoms with van der Waals surface area (Å²) in [6.07, 6.45) is 7.02. The first-order chi connectivity index (χ1) is 11.6. The van der Waals surface area contributed by atoms with Gasteiger partial charge in [0.1, 0.15) is 6.61 Å². The Balaban J connectivity index is 2.44. The summed E-state index contributed by atoms with van der Waals surface area (Å²) < 4.78 is 11.7. The lowest BCUT2D eigenvalue weighted by Crippen LogP contribution is -1.99. The summed E-state index contributed by atoms with van der Waals surface area (Å²) in [7, 11) is 1.56. The first-order valence-electron chi connectivity index (χ1n) is 6.90. The molecule has 120 valence electrons. The summed E-state index contributed by atoms with van der Waals surface area (Å²) in [4.78, 5) is 0. The van der Waals surface area contributed by atoms with E-state index in [0.29, 0.717) is 22.1 Å². The second-order valence-electron chi connectivity index (χ2n) is 4.70. The van der Waals surface area contributed by atoms with Crippen molar-refractivity contribution >= 4 is 45.8 Å². The van der Waals surface area contributed by atoms with E-state index < -0.39 is 0 Å². The Morgan fingerprint density at radius 1 is 1.33 bits per heavy atom. The zero-order valence-electron chi connectivity index (χ0n) is 12.8. The van der Waals surface area contributed by atoms with Gasteiger partial charge in [0, 0.05) is 5.02 Å². The van der Waals surface area contributed by atoms with Crippen LogP contribution >= 0.6 is 34.2 Å². The molecule has 0 amide bonds. The number of hydrogen-bond acceptors (Lipinski definition) is 3. The highest BCUT2D eigenvalue weighted by Gasteiger charge is 2.11. The van der Waals surface area contributed by atoms with Gasteiger partial charge in [-0.2, -0.15) is 5.26 Å². The van der Waals surface area contributed by atoms with Crippen molar-refractivity contribution in [2.45, 2.75) is 0 Å². The quantitative estimate of drug-likeness (QED) is 0.278.